The monoisotopic (exact) mass is 297 g/mol. The second kappa shape index (κ2) is 6.84. The second-order valence-electron chi connectivity index (χ2n) is 5.81. The summed E-state index contributed by atoms with van der Waals surface area (Å²) in [6, 6.07) is 15.3. The summed E-state index contributed by atoms with van der Waals surface area (Å²) in [5.41, 5.74) is 4.17. The van der Waals surface area contributed by atoms with Crippen LogP contribution in [0.3, 0.4) is 0 Å². The first-order chi connectivity index (χ1) is 10.8. The van der Waals surface area contributed by atoms with Crippen LogP contribution in [0.4, 0.5) is 0 Å². The maximum atomic E-state index is 5.33. The van der Waals surface area contributed by atoms with Crippen LogP contribution < -0.4 is 14.8 Å². The fourth-order valence-electron chi connectivity index (χ4n) is 3.10. The zero-order valence-corrected chi connectivity index (χ0v) is 13.3. The molecule has 22 heavy (non-hydrogen) atoms. The Morgan fingerprint density at radius 1 is 1.00 bits per heavy atom. The largest absolute Gasteiger partial charge is 0.497 e. The van der Waals surface area contributed by atoms with Crippen LogP contribution in [0.15, 0.2) is 42.5 Å². The maximum absolute atomic E-state index is 5.33. The van der Waals surface area contributed by atoms with E-state index in [1.807, 2.05) is 6.07 Å². The molecule has 3 nitrogen and oxygen atoms in total. The number of hydrogen-bond acceptors (Lipinski definition) is 3. The zero-order valence-electron chi connectivity index (χ0n) is 13.3. The Balaban J connectivity index is 1.64. The molecule has 0 spiro atoms. The van der Waals surface area contributed by atoms with Gasteiger partial charge in [-0.3, -0.25) is 0 Å². The molecule has 0 radical (unpaired) electrons. The van der Waals surface area contributed by atoms with Gasteiger partial charge in [0.15, 0.2) is 0 Å². The zero-order chi connectivity index (χ0) is 15.4. The third-order valence-electron chi connectivity index (χ3n) is 4.35. The van der Waals surface area contributed by atoms with E-state index in [0.717, 1.165) is 30.9 Å². The van der Waals surface area contributed by atoms with Gasteiger partial charge in [0, 0.05) is 18.7 Å². The molecular weight excluding hydrogens is 274 g/mol. The summed E-state index contributed by atoms with van der Waals surface area (Å²) >= 11 is 0. The molecule has 0 amide bonds. The second-order valence-corrected chi connectivity index (χ2v) is 5.81. The molecule has 1 unspecified atom stereocenters. The highest BCUT2D eigenvalue weighted by Crippen LogP contribution is 2.24. The van der Waals surface area contributed by atoms with Gasteiger partial charge in [-0.05, 0) is 48.1 Å². The van der Waals surface area contributed by atoms with Crippen molar-refractivity contribution < 1.29 is 9.47 Å². The highest BCUT2D eigenvalue weighted by molar-refractivity contribution is 5.38. The van der Waals surface area contributed by atoms with Gasteiger partial charge in [-0.1, -0.05) is 24.3 Å². The van der Waals surface area contributed by atoms with Gasteiger partial charge in [0.1, 0.15) is 11.5 Å². The Labute approximate surface area is 132 Å². The van der Waals surface area contributed by atoms with E-state index >= 15 is 0 Å². The molecular formula is C19H23NO2. The van der Waals surface area contributed by atoms with Crippen LogP contribution in [-0.4, -0.2) is 20.3 Å². The average Bonchev–Trinajstić information content (AvgIpc) is 2.59. The minimum absolute atomic E-state index is 0.534. The predicted octanol–water partition coefficient (Wildman–Crippen LogP) is 3.35. The van der Waals surface area contributed by atoms with Crippen molar-refractivity contribution in [2.75, 3.05) is 14.2 Å². The molecule has 0 aromatic heterocycles. The summed E-state index contributed by atoms with van der Waals surface area (Å²) in [7, 11) is 3.37. The van der Waals surface area contributed by atoms with E-state index in [9.17, 15) is 0 Å². The summed E-state index contributed by atoms with van der Waals surface area (Å²) in [6.07, 6.45) is 3.46. The number of methoxy groups -OCH3 is 2. The molecule has 2 aromatic carbocycles. The van der Waals surface area contributed by atoms with E-state index in [-0.39, 0.29) is 0 Å². The van der Waals surface area contributed by atoms with Crippen LogP contribution in [0.1, 0.15) is 23.1 Å². The number of fused-ring (bicyclic) bond motifs is 1. The number of aryl methyl sites for hydroxylation is 1. The Hall–Kier alpha value is -2.00. The van der Waals surface area contributed by atoms with Crippen LogP contribution in [0.5, 0.6) is 11.5 Å². The lowest BCUT2D eigenvalue weighted by atomic mass is 9.88. The molecule has 0 bridgehead atoms. The first kappa shape index (κ1) is 14.9. The van der Waals surface area contributed by atoms with Crippen molar-refractivity contribution in [3.63, 3.8) is 0 Å². The van der Waals surface area contributed by atoms with Crippen LogP contribution in [0.2, 0.25) is 0 Å². The minimum atomic E-state index is 0.534. The van der Waals surface area contributed by atoms with Crippen molar-refractivity contribution in [2.24, 2.45) is 0 Å². The standard InChI is InChI=1S/C19H23NO2/c1-21-18-9-14(10-19(12-18)22-2)13-20-17-8-7-15-5-3-4-6-16(15)11-17/h3-6,9-10,12,17,20H,7-8,11,13H2,1-2H3. The fraction of sp³-hybridized carbons (Fsp3) is 0.368. The first-order valence-corrected chi connectivity index (χ1v) is 7.80. The topological polar surface area (TPSA) is 30.5 Å². The Bertz CT molecular complexity index is 617. The molecule has 0 fully saturated rings. The number of nitrogens with one attached hydrogen (secondary N) is 1. The molecule has 3 rings (SSSR count). The quantitative estimate of drug-likeness (QED) is 0.918. The fourth-order valence-corrected chi connectivity index (χ4v) is 3.10. The minimum Gasteiger partial charge on any atom is -0.497 e. The van der Waals surface area contributed by atoms with E-state index in [0.29, 0.717) is 6.04 Å². The Morgan fingerprint density at radius 3 is 2.36 bits per heavy atom. The molecule has 1 atom stereocenters. The summed E-state index contributed by atoms with van der Waals surface area (Å²) in [5, 5.41) is 3.67. The SMILES string of the molecule is COc1cc(CNC2CCc3ccccc3C2)cc(OC)c1. The van der Waals surface area contributed by atoms with Crippen molar-refractivity contribution in [3.05, 3.63) is 59.2 Å². The summed E-state index contributed by atoms with van der Waals surface area (Å²) < 4.78 is 10.7. The highest BCUT2D eigenvalue weighted by Gasteiger charge is 2.17. The van der Waals surface area contributed by atoms with Gasteiger partial charge < -0.3 is 14.8 Å². The molecule has 1 aliphatic rings. The first-order valence-electron chi connectivity index (χ1n) is 7.80. The third kappa shape index (κ3) is 3.42. The number of benzene rings is 2. The predicted molar refractivity (Wildman–Crippen MR) is 88.6 cm³/mol. The van der Waals surface area contributed by atoms with Gasteiger partial charge in [-0.2, -0.15) is 0 Å². The molecule has 1 aliphatic carbocycles. The van der Waals surface area contributed by atoms with Gasteiger partial charge in [-0.15, -0.1) is 0 Å². The smallest absolute Gasteiger partial charge is 0.122 e. The normalized spacial score (nSPS) is 16.9. The van der Waals surface area contributed by atoms with E-state index in [2.05, 4.69) is 41.7 Å². The molecule has 1 N–H and O–H groups in total. The molecule has 0 saturated carbocycles. The maximum Gasteiger partial charge on any atom is 0.122 e. The summed E-state index contributed by atoms with van der Waals surface area (Å²) in [5.74, 6) is 1.68. The average molecular weight is 297 g/mol. The van der Waals surface area contributed by atoms with Crippen molar-refractivity contribution >= 4 is 0 Å². The molecule has 0 aliphatic heterocycles. The Morgan fingerprint density at radius 2 is 1.68 bits per heavy atom. The van der Waals surface area contributed by atoms with E-state index in [1.165, 1.54) is 23.1 Å². The molecule has 2 aromatic rings. The molecule has 0 saturated heterocycles. The Kier molecular flexibility index (Phi) is 4.64. The summed E-state index contributed by atoms with van der Waals surface area (Å²) in [4.78, 5) is 0. The van der Waals surface area contributed by atoms with Gasteiger partial charge in [0.25, 0.3) is 0 Å². The van der Waals surface area contributed by atoms with Gasteiger partial charge >= 0.3 is 0 Å². The van der Waals surface area contributed by atoms with Crippen LogP contribution in [0.25, 0.3) is 0 Å². The van der Waals surface area contributed by atoms with Gasteiger partial charge in [0.2, 0.25) is 0 Å². The van der Waals surface area contributed by atoms with Crippen molar-refractivity contribution in [1.29, 1.82) is 0 Å². The third-order valence-corrected chi connectivity index (χ3v) is 4.35. The van der Waals surface area contributed by atoms with E-state index in [1.54, 1.807) is 14.2 Å². The van der Waals surface area contributed by atoms with Crippen LogP contribution >= 0.6 is 0 Å². The molecule has 3 heteroatoms. The van der Waals surface area contributed by atoms with Crippen LogP contribution in [0, 0.1) is 0 Å². The van der Waals surface area contributed by atoms with Gasteiger partial charge in [-0.25, -0.2) is 0 Å². The van der Waals surface area contributed by atoms with Crippen LogP contribution in [-0.2, 0) is 19.4 Å². The van der Waals surface area contributed by atoms with Crippen molar-refractivity contribution in [2.45, 2.75) is 31.8 Å². The highest BCUT2D eigenvalue weighted by atomic mass is 16.5. The number of ether oxygens (including phenoxy) is 2. The van der Waals surface area contributed by atoms with E-state index in [4.69, 9.17) is 9.47 Å². The van der Waals surface area contributed by atoms with Crippen molar-refractivity contribution in [3.8, 4) is 11.5 Å². The molecule has 0 heterocycles. The molecule has 116 valence electrons. The number of hydrogen-bond donors (Lipinski definition) is 1. The lowest BCUT2D eigenvalue weighted by molar-refractivity contribution is 0.392. The number of rotatable bonds is 5. The summed E-state index contributed by atoms with van der Waals surface area (Å²) in [6.45, 7) is 0.834. The lowest BCUT2D eigenvalue weighted by Crippen LogP contribution is -2.34. The van der Waals surface area contributed by atoms with E-state index < -0.39 is 0 Å². The lowest BCUT2D eigenvalue weighted by Gasteiger charge is -2.25. The van der Waals surface area contributed by atoms with Crippen molar-refractivity contribution in [1.82, 2.24) is 5.32 Å². The van der Waals surface area contributed by atoms with Gasteiger partial charge in [0.05, 0.1) is 14.2 Å².